The van der Waals surface area contributed by atoms with Gasteiger partial charge in [0.15, 0.2) is 13.6 Å². The molecule has 12 bridgehead atoms. The Balaban J connectivity index is 0.000000165. The highest BCUT2D eigenvalue weighted by Crippen LogP contribution is 2.63. The summed E-state index contributed by atoms with van der Waals surface area (Å²) >= 11 is 0. The van der Waals surface area contributed by atoms with Crippen LogP contribution in [0.2, 0.25) is 0 Å². The summed E-state index contributed by atoms with van der Waals surface area (Å²) in [5.41, 5.74) is -1.13. The first-order valence-corrected chi connectivity index (χ1v) is 20.6. The van der Waals surface area contributed by atoms with Gasteiger partial charge in [0.2, 0.25) is 0 Å². The van der Waals surface area contributed by atoms with Gasteiger partial charge >= 0.3 is 35.7 Å². The Labute approximate surface area is 319 Å². The number of rotatable bonds is 11. The molecule has 0 N–H and O–H groups in total. The first kappa shape index (κ1) is 39.4. The van der Waals surface area contributed by atoms with Gasteiger partial charge in [-0.05, 0) is 155 Å². The normalized spacial score (nSPS) is 44.1. The Morgan fingerprint density at radius 2 is 0.873 bits per heavy atom. The molecule has 55 heavy (non-hydrogen) atoms. The number of carbonyl (C=O) groups excluding carboxylic acids is 4. The van der Waals surface area contributed by atoms with Gasteiger partial charge in [-0.3, -0.25) is 9.59 Å². The van der Waals surface area contributed by atoms with Crippen molar-refractivity contribution in [1.82, 2.24) is 0 Å². The summed E-state index contributed by atoms with van der Waals surface area (Å²) in [4.78, 5) is 48.9. The second-order valence-corrected chi connectivity index (χ2v) is 19.5. The molecule has 0 spiro atoms. The lowest BCUT2D eigenvalue weighted by atomic mass is 9.48. The van der Waals surface area contributed by atoms with Crippen LogP contribution in [0.15, 0.2) is 0 Å². The predicted octanol–water partition coefficient (Wildman–Crippen LogP) is 7.25. The second kappa shape index (κ2) is 14.4. The van der Waals surface area contributed by atoms with E-state index < -0.39 is 46.8 Å². The number of halogens is 4. The van der Waals surface area contributed by atoms with Gasteiger partial charge < -0.3 is 28.4 Å². The molecule has 0 aromatic carbocycles. The Hall–Kier alpha value is -2.48. The molecule has 0 aromatic rings. The van der Waals surface area contributed by atoms with Crippen molar-refractivity contribution in [2.24, 2.45) is 70.0 Å². The number of alkyl halides is 4. The molecule has 0 aliphatic heterocycles. The van der Waals surface area contributed by atoms with E-state index in [1.807, 2.05) is 0 Å². The largest absolute Gasteiger partial charge is 0.457 e. The molecule has 12 rings (SSSR count). The van der Waals surface area contributed by atoms with Gasteiger partial charge in [-0.25, -0.2) is 9.59 Å². The summed E-state index contributed by atoms with van der Waals surface area (Å²) in [7, 11) is 1.45. The van der Waals surface area contributed by atoms with Crippen molar-refractivity contribution in [3.63, 3.8) is 0 Å². The molecule has 4 atom stereocenters. The highest BCUT2D eigenvalue weighted by atomic mass is 19.3. The van der Waals surface area contributed by atoms with E-state index in [-0.39, 0.29) is 55.3 Å². The van der Waals surface area contributed by atoms with Crippen molar-refractivity contribution in [3.8, 4) is 0 Å². The van der Waals surface area contributed by atoms with Crippen molar-refractivity contribution in [2.45, 2.75) is 140 Å². The smallest absolute Gasteiger partial charge is 0.376 e. The molecule has 10 nitrogen and oxygen atoms in total. The molecular weight excluding hydrogens is 728 g/mol. The second-order valence-electron chi connectivity index (χ2n) is 19.5. The highest BCUT2D eigenvalue weighted by molar-refractivity contribution is 5.79. The van der Waals surface area contributed by atoms with Crippen LogP contribution in [-0.2, 0) is 47.6 Å². The summed E-state index contributed by atoms with van der Waals surface area (Å²) in [6, 6.07) is 0. The van der Waals surface area contributed by atoms with Crippen molar-refractivity contribution in [3.05, 3.63) is 0 Å². The summed E-state index contributed by atoms with van der Waals surface area (Å²) in [6.07, 6.45) is 12.7. The molecule has 0 saturated heterocycles. The maximum atomic E-state index is 13.4. The van der Waals surface area contributed by atoms with Crippen LogP contribution in [0.1, 0.15) is 110 Å². The molecule has 14 heteroatoms. The third-order valence-corrected chi connectivity index (χ3v) is 15.3. The standard InChI is InChI=1S/C25H34F2O5.C16H22F2O5/c1-24(26,27)22(28)32-21-18-7-15-8-19(21)11-25(9-15,10-18)23(29)31-12-30-20-16-3-13-2-14(5-16)6-17(20)4-13;1-15(17,18)13(19)23-12-10-3-9-4-11(12)7-16(5-9,6-10)14(20)22-8-21-2/h13-21H,2-12H2,1H3;9-12H,3-8H2,1-2H3. The van der Waals surface area contributed by atoms with Crippen LogP contribution in [-0.4, -0.2) is 74.7 Å². The molecule has 0 radical (unpaired) electrons. The van der Waals surface area contributed by atoms with Crippen molar-refractivity contribution in [1.29, 1.82) is 0 Å². The zero-order chi connectivity index (χ0) is 39.1. The number of methoxy groups -OCH3 is 1. The first-order chi connectivity index (χ1) is 25.9. The van der Waals surface area contributed by atoms with E-state index in [1.165, 1.54) is 39.2 Å². The Morgan fingerprint density at radius 1 is 0.509 bits per heavy atom. The van der Waals surface area contributed by atoms with Gasteiger partial charge in [-0.1, -0.05) is 0 Å². The molecule has 12 aliphatic rings. The van der Waals surface area contributed by atoms with E-state index in [2.05, 4.69) is 0 Å². The lowest BCUT2D eigenvalue weighted by molar-refractivity contribution is -0.218. The Kier molecular flexibility index (Phi) is 10.3. The third kappa shape index (κ3) is 7.53. The van der Waals surface area contributed by atoms with E-state index in [0.717, 1.165) is 50.4 Å². The number of carbonyl (C=O) groups is 4. The molecule has 308 valence electrons. The van der Waals surface area contributed by atoms with Crippen molar-refractivity contribution < 1.29 is 65.2 Å². The molecule has 0 amide bonds. The van der Waals surface area contributed by atoms with Crippen LogP contribution in [0.25, 0.3) is 0 Å². The summed E-state index contributed by atoms with van der Waals surface area (Å²) in [6.45, 7) is 1.07. The minimum Gasteiger partial charge on any atom is -0.457 e. The minimum atomic E-state index is -3.49. The van der Waals surface area contributed by atoms with Gasteiger partial charge in [-0.2, -0.15) is 17.6 Å². The maximum Gasteiger partial charge on any atom is 0.376 e. The summed E-state index contributed by atoms with van der Waals surface area (Å²) in [5.74, 6) is -6.76. The fraction of sp³-hybridized carbons (Fsp3) is 0.902. The Bertz CT molecular complexity index is 1450. The molecule has 0 heterocycles. The van der Waals surface area contributed by atoms with Gasteiger partial charge in [0, 0.05) is 21.0 Å². The third-order valence-electron chi connectivity index (χ3n) is 15.3. The fourth-order valence-corrected chi connectivity index (χ4v) is 14.0. The van der Waals surface area contributed by atoms with Crippen LogP contribution in [0.4, 0.5) is 17.6 Å². The fourth-order valence-electron chi connectivity index (χ4n) is 14.0. The van der Waals surface area contributed by atoms with E-state index >= 15 is 0 Å². The lowest BCUT2D eigenvalue weighted by Gasteiger charge is -2.58. The molecule has 0 aromatic heterocycles. The topological polar surface area (TPSA) is 124 Å². The van der Waals surface area contributed by atoms with E-state index in [9.17, 15) is 36.7 Å². The number of ether oxygens (including phenoxy) is 6. The number of hydrogen-bond acceptors (Lipinski definition) is 10. The van der Waals surface area contributed by atoms with Crippen LogP contribution in [0, 0.1) is 70.0 Å². The van der Waals surface area contributed by atoms with Gasteiger partial charge in [0.25, 0.3) is 0 Å². The number of hydrogen-bond donors (Lipinski definition) is 0. The number of esters is 4. The van der Waals surface area contributed by atoms with Gasteiger partial charge in [0.05, 0.1) is 16.9 Å². The van der Waals surface area contributed by atoms with Crippen LogP contribution >= 0.6 is 0 Å². The molecule has 12 aliphatic carbocycles. The van der Waals surface area contributed by atoms with Gasteiger partial charge in [-0.15, -0.1) is 0 Å². The van der Waals surface area contributed by atoms with E-state index in [0.29, 0.717) is 63.2 Å². The van der Waals surface area contributed by atoms with E-state index in [1.54, 1.807) is 0 Å². The highest BCUT2D eigenvalue weighted by Gasteiger charge is 2.62. The molecule has 12 saturated carbocycles. The van der Waals surface area contributed by atoms with Crippen LogP contribution in [0.3, 0.4) is 0 Å². The SMILES string of the molecule is CC(F)(F)C(=O)OC1C2CC3CC1CC(C(=O)OCOC1C4CC5CC(C4)CC1C5)(C3)C2.COCOC(=O)C12CC3CC(C1)C(OC(=O)C(C)(F)F)C(C3)C2. The quantitative estimate of drug-likeness (QED) is 0.0917. The monoisotopic (exact) mass is 784 g/mol. The minimum absolute atomic E-state index is 0.0219. The summed E-state index contributed by atoms with van der Waals surface area (Å²) in [5, 5.41) is 0. The zero-order valence-electron chi connectivity index (χ0n) is 32.1. The average Bonchev–Trinajstić information content (AvgIpc) is 3.09. The van der Waals surface area contributed by atoms with Gasteiger partial charge in [0.1, 0.15) is 12.2 Å². The summed E-state index contributed by atoms with van der Waals surface area (Å²) < 4.78 is 85.2. The molecular formula is C41H56F4O10. The zero-order valence-corrected chi connectivity index (χ0v) is 32.1. The predicted molar refractivity (Wildman–Crippen MR) is 184 cm³/mol. The lowest BCUT2D eigenvalue weighted by Crippen LogP contribution is -2.58. The van der Waals surface area contributed by atoms with Crippen LogP contribution in [0.5, 0.6) is 0 Å². The Morgan fingerprint density at radius 3 is 1.24 bits per heavy atom. The average molecular weight is 785 g/mol. The van der Waals surface area contributed by atoms with Crippen molar-refractivity contribution >= 4 is 23.9 Å². The van der Waals surface area contributed by atoms with E-state index in [4.69, 9.17) is 28.4 Å². The molecule has 12 fully saturated rings. The van der Waals surface area contributed by atoms with Crippen LogP contribution < -0.4 is 0 Å². The first-order valence-electron chi connectivity index (χ1n) is 20.6. The maximum absolute atomic E-state index is 13.4. The van der Waals surface area contributed by atoms with Crippen molar-refractivity contribution in [2.75, 3.05) is 20.7 Å². The molecule has 4 unspecified atom stereocenters.